The van der Waals surface area contributed by atoms with Crippen molar-refractivity contribution in [3.63, 3.8) is 0 Å². The molecule has 0 bridgehead atoms. The van der Waals surface area contributed by atoms with Crippen LogP contribution in [0.1, 0.15) is 20.8 Å². The minimum Gasteiger partial charge on any atom is -0.383 e. The Labute approximate surface area is 168 Å². The molecule has 0 aliphatic heterocycles. The van der Waals surface area contributed by atoms with Crippen LogP contribution < -0.4 is 5.73 Å². The van der Waals surface area contributed by atoms with E-state index in [4.69, 9.17) is 11.1 Å². The Kier molecular flexibility index (Phi) is 5.94. The Morgan fingerprint density at radius 1 is 1.22 bits per heavy atom. The highest BCUT2D eigenvalue weighted by molar-refractivity contribution is 8.01. The number of nitrogens with one attached hydrogen (secondary N) is 1. The summed E-state index contributed by atoms with van der Waals surface area (Å²) in [4.78, 5) is 13.1. The highest BCUT2D eigenvalue weighted by Crippen LogP contribution is 2.36. The third-order valence-electron chi connectivity index (χ3n) is 4.07. The maximum absolute atomic E-state index is 13.2. The van der Waals surface area contributed by atoms with Crippen molar-refractivity contribution >= 4 is 46.0 Å². The lowest BCUT2D eigenvalue weighted by Gasteiger charge is -2.09. The lowest BCUT2D eigenvalue weighted by Crippen LogP contribution is -2.08. The van der Waals surface area contributed by atoms with Gasteiger partial charge in [-0.25, -0.2) is 4.21 Å². The zero-order valence-electron chi connectivity index (χ0n) is 14.8. The maximum atomic E-state index is 13.2. The SMILES string of the molecule is CSc1sc(C(=N)N)cc1S(=O)c1cccc(-c2cc(C=O)ccc2C)c1. The number of hydrogen-bond donors (Lipinski definition) is 2. The number of hydrogen-bond acceptors (Lipinski definition) is 5. The van der Waals surface area contributed by atoms with Gasteiger partial charge in [-0.15, -0.1) is 23.1 Å². The van der Waals surface area contributed by atoms with Crippen LogP contribution in [-0.4, -0.2) is 22.6 Å². The first-order valence-corrected chi connectivity index (χ1v) is 11.2. The molecule has 3 N–H and O–H groups in total. The normalized spacial score (nSPS) is 11.9. The third kappa shape index (κ3) is 4.05. The standard InChI is InChI=1S/C20H18N2O2S3/c1-12-6-7-13(11-23)8-16(12)14-4-3-5-15(9-14)27(24)18-10-17(19(21)22)26-20(18)25-2/h3-11H,1-2H3,(H3,21,22). The van der Waals surface area contributed by atoms with Gasteiger partial charge in [-0.1, -0.05) is 24.3 Å². The van der Waals surface area contributed by atoms with Crippen LogP contribution in [0.15, 0.2) is 62.5 Å². The number of rotatable bonds is 6. The molecule has 7 heteroatoms. The van der Waals surface area contributed by atoms with Crippen molar-refractivity contribution in [2.75, 3.05) is 6.26 Å². The molecule has 0 spiro atoms. The lowest BCUT2D eigenvalue weighted by molar-refractivity contribution is 0.112. The Bertz CT molecular complexity index is 1060. The van der Waals surface area contributed by atoms with Gasteiger partial charge in [0.05, 0.1) is 24.8 Å². The molecule has 0 aliphatic rings. The summed E-state index contributed by atoms with van der Waals surface area (Å²) in [5, 5.41) is 7.63. The largest absolute Gasteiger partial charge is 0.383 e. The molecule has 1 aromatic heterocycles. The van der Waals surface area contributed by atoms with E-state index in [2.05, 4.69) is 0 Å². The number of benzene rings is 2. The highest BCUT2D eigenvalue weighted by atomic mass is 32.2. The summed E-state index contributed by atoms with van der Waals surface area (Å²) >= 11 is 2.88. The molecule has 0 aliphatic carbocycles. The molecule has 1 atom stereocenters. The average molecular weight is 415 g/mol. The summed E-state index contributed by atoms with van der Waals surface area (Å²) in [5.41, 5.74) is 9.10. The van der Waals surface area contributed by atoms with Gasteiger partial charge in [-0.3, -0.25) is 10.2 Å². The smallest absolute Gasteiger partial charge is 0.150 e. The second kappa shape index (κ2) is 8.21. The molecule has 0 fully saturated rings. The monoisotopic (exact) mass is 414 g/mol. The van der Waals surface area contributed by atoms with E-state index >= 15 is 0 Å². The van der Waals surface area contributed by atoms with Crippen LogP contribution in [0.3, 0.4) is 0 Å². The number of nitrogen functional groups attached to an aromatic ring is 1. The van der Waals surface area contributed by atoms with Crippen LogP contribution in [0.25, 0.3) is 11.1 Å². The fourth-order valence-corrected chi connectivity index (χ4v) is 6.17. The first kappa shape index (κ1) is 19.5. The van der Waals surface area contributed by atoms with E-state index in [1.165, 1.54) is 23.1 Å². The number of nitrogens with two attached hydrogens (primary N) is 1. The summed E-state index contributed by atoms with van der Waals surface area (Å²) < 4.78 is 14.1. The fraction of sp³-hybridized carbons (Fsp3) is 0.100. The molecule has 138 valence electrons. The van der Waals surface area contributed by atoms with Crippen LogP contribution in [0.4, 0.5) is 0 Å². The molecule has 0 saturated carbocycles. The quantitative estimate of drug-likeness (QED) is 0.265. The van der Waals surface area contributed by atoms with Gasteiger partial charge in [-0.05, 0) is 54.1 Å². The van der Waals surface area contributed by atoms with E-state index in [1.54, 1.807) is 12.1 Å². The molecule has 2 aromatic carbocycles. The second-order valence-electron chi connectivity index (χ2n) is 5.87. The van der Waals surface area contributed by atoms with Gasteiger partial charge < -0.3 is 5.73 Å². The van der Waals surface area contributed by atoms with Gasteiger partial charge in [-0.2, -0.15) is 0 Å². The average Bonchev–Trinajstić information content (AvgIpc) is 3.12. The predicted molar refractivity (Wildman–Crippen MR) is 114 cm³/mol. The Morgan fingerprint density at radius 2 is 2.00 bits per heavy atom. The molecule has 3 aromatic rings. The van der Waals surface area contributed by atoms with E-state index in [9.17, 15) is 9.00 Å². The van der Waals surface area contributed by atoms with E-state index < -0.39 is 10.8 Å². The van der Waals surface area contributed by atoms with Gasteiger partial charge in [0.1, 0.15) is 12.1 Å². The Balaban J connectivity index is 2.05. The van der Waals surface area contributed by atoms with Crippen molar-refractivity contribution < 1.29 is 9.00 Å². The highest BCUT2D eigenvalue weighted by Gasteiger charge is 2.18. The molecular formula is C20H18N2O2S3. The molecule has 27 heavy (non-hydrogen) atoms. The van der Waals surface area contributed by atoms with Crippen LogP contribution in [0, 0.1) is 12.3 Å². The van der Waals surface area contributed by atoms with Crippen LogP contribution in [-0.2, 0) is 10.8 Å². The topological polar surface area (TPSA) is 84.0 Å². The van der Waals surface area contributed by atoms with Crippen LogP contribution >= 0.6 is 23.1 Å². The predicted octanol–water partition coefficient (Wildman–Crippen LogP) is 4.71. The summed E-state index contributed by atoms with van der Waals surface area (Å²) in [6.45, 7) is 1.98. The third-order valence-corrected chi connectivity index (χ3v) is 8.04. The van der Waals surface area contributed by atoms with E-state index in [0.29, 0.717) is 20.2 Å². The molecule has 1 unspecified atom stereocenters. The number of thioether (sulfide) groups is 1. The lowest BCUT2D eigenvalue weighted by atomic mass is 9.98. The van der Waals surface area contributed by atoms with E-state index in [0.717, 1.165) is 27.2 Å². The summed E-state index contributed by atoms with van der Waals surface area (Å²) in [7, 11) is -1.38. The molecule has 1 heterocycles. The fourth-order valence-electron chi connectivity index (χ4n) is 2.69. The summed E-state index contributed by atoms with van der Waals surface area (Å²) in [6, 6.07) is 14.8. The minimum absolute atomic E-state index is 0.0198. The second-order valence-corrected chi connectivity index (χ2v) is 9.44. The number of thiophene rings is 1. The number of aryl methyl sites for hydroxylation is 1. The minimum atomic E-state index is -1.38. The first-order valence-electron chi connectivity index (χ1n) is 8.05. The number of carbonyl (C=O) groups is 1. The zero-order valence-corrected chi connectivity index (χ0v) is 17.3. The van der Waals surface area contributed by atoms with Gasteiger partial charge >= 0.3 is 0 Å². The van der Waals surface area contributed by atoms with Gasteiger partial charge in [0.2, 0.25) is 0 Å². The number of amidine groups is 1. The van der Waals surface area contributed by atoms with Gasteiger partial charge in [0.15, 0.2) is 0 Å². The zero-order chi connectivity index (χ0) is 19.6. The molecule has 3 rings (SSSR count). The number of carbonyl (C=O) groups excluding carboxylic acids is 1. The van der Waals surface area contributed by atoms with E-state index in [1.807, 2.05) is 49.6 Å². The Morgan fingerprint density at radius 3 is 2.67 bits per heavy atom. The van der Waals surface area contributed by atoms with Crippen molar-refractivity contribution in [2.24, 2.45) is 5.73 Å². The van der Waals surface area contributed by atoms with Crippen molar-refractivity contribution in [1.29, 1.82) is 5.41 Å². The van der Waals surface area contributed by atoms with Gasteiger partial charge in [0, 0.05) is 10.5 Å². The van der Waals surface area contributed by atoms with Crippen molar-refractivity contribution in [3.05, 3.63) is 64.5 Å². The van der Waals surface area contributed by atoms with Crippen molar-refractivity contribution in [2.45, 2.75) is 20.9 Å². The van der Waals surface area contributed by atoms with Gasteiger partial charge in [0.25, 0.3) is 0 Å². The molecule has 0 saturated heterocycles. The molecule has 0 amide bonds. The van der Waals surface area contributed by atoms with Crippen molar-refractivity contribution in [1.82, 2.24) is 0 Å². The van der Waals surface area contributed by atoms with Crippen molar-refractivity contribution in [3.8, 4) is 11.1 Å². The Hall–Kier alpha value is -2.22. The summed E-state index contributed by atoms with van der Waals surface area (Å²) in [6.07, 6.45) is 2.74. The molecule has 4 nitrogen and oxygen atoms in total. The molecular weight excluding hydrogens is 396 g/mol. The van der Waals surface area contributed by atoms with Crippen LogP contribution in [0.2, 0.25) is 0 Å². The summed E-state index contributed by atoms with van der Waals surface area (Å²) in [5.74, 6) is -0.0198. The molecule has 0 radical (unpaired) electrons. The first-order chi connectivity index (χ1) is 12.9. The van der Waals surface area contributed by atoms with Crippen LogP contribution in [0.5, 0.6) is 0 Å². The maximum Gasteiger partial charge on any atom is 0.150 e. The van der Waals surface area contributed by atoms with E-state index in [-0.39, 0.29) is 5.84 Å². The number of aldehydes is 1.